The molecule has 8 rings (SSSR count). The molecule has 2 heterocycles. The fraction of sp³-hybridized carbons (Fsp3) is 0.442. The molecule has 1 saturated heterocycles. The number of unbranched alkanes of at least 4 members (excludes halogenated alkanes) is 1. The summed E-state index contributed by atoms with van der Waals surface area (Å²) in [7, 11) is 6.92. The minimum atomic E-state index is -1.84. The average molecular weight is 1810 g/mol. The van der Waals surface area contributed by atoms with Crippen LogP contribution in [0.5, 0.6) is 11.5 Å². The maximum atomic E-state index is 15.6. The molecule has 130 heavy (non-hydrogen) atoms. The maximum Gasteiger partial charge on any atom is 0.305 e. The van der Waals surface area contributed by atoms with Crippen LogP contribution in [-0.4, -0.2) is 272 Å². The molecular formula is C95H124N16O18S. The van der Waals surface area contributed by atoms with Crippen LogP contribution in [0.4, 0.5) is 0 Å². The first-order chi connectivity index (χ1) is 61.7. The van der Waals surface area contributed by atoms with Crippen molar-refractivity contribution in [1.82, 2.24) is 77.3 Å². The van der Waals surface area contributed by atoms with Gasteiger partial charge in [0.2, 0.25) is 82.7 Å². The molecule has 1 aromatic heterocycles. The Balaban J connectivity index is 1.22. The number of H-pyrrole nitrogens is 1. The van der Waals surface area contributed by atoms with Crippen LogP contribution < -0.4 is 53.6 Å². The second-order valence-corrected chi connectivity index (χ2v) is 36.0. The van der Waals surface area contributed by atoms with Gasteiger partial charge in [-0.15, -0.1) is 11.8 Å². The molecule has 11 atom stereocenters. The largest absolute Gasteiger partial charge is 0.508 e. The highest BCUT2D eigenvalue weighted by Crippen LogP contribution is 2.30. The van der Waals surface area contributed by atoms with Crippen LogP contribution >= 0.6 is 11.8 Å². The van der Waals surface area contributed by atoms with Gasteiger partial charge >= 0.3 is 5.97 Å². The second kappa shape index (κ2) is 48.8. The Morgan fingerprint density at radius 2 is 0.962 bits per heavy atom. The van der Waals surface area contributed by atoms with Crippen molar-refractivity contribution in [2.45, 2.75) is 190 Å². The molecule has 7 aromatic rings. The number of nitrogens with one attached hydrogen (secondary N) is 10. The van der Waals surface area contributed by atoms with Crippen LogP contribution in [0.1, 0.15) is 114 Å². The van der Waals surface area contributed by atoms with E-state index >= 15 is 38.4 Å². The smallest absolute Gasteiger partial charge is 0.305 e. The van der Waals surface area contributed by atoms with Gasteiger partial charge in [-0.2, -0.15) is 0 Å². The van der Waals surface area contributed by atoms with Crippen molar-refractivity contribution in [2.75, 3.05) is 67.2 Å². The summed E-state index contributed by atoms with van der Waals surface area (Å²) in [6.07, 6.45) is 0.901. The van der Waals surface area contributed by atoms with E-state index < -0.39 is 198 Å². The lowest BCUT2D eigenvalue weighted by atomic mass is 9.98. The zero-order valence-electron chi connectivity index (χ0n) is 75.7. The Kier molecular flexibility index (Phi) is 38.4. The highest BCUT2D eigenvalue weighted by Gasteiger charge is 2.44. The van der Waals surface area contributed by atoms with E-state index in [0.717, 1.165) is 27.1 Å². The molecule has 6 aromatic carbocycles. The van der Waals surface area contributed by atoms with Gasteiger partial charge in [0.05, 0.1) is 37.8 Å². The van der Waals surface area contributed by atoms with Gasteiger partial charge in [-0.25, -0.2) is 0 Å². The molecule has 0 saturated carbocycles. The third-order valence-electron chi connectivity index (χ3n) is 22.8. The highest BCUT2D eigenvalue weighted by molar-refractivity contribution is 8.01. The van der Waals surface area contributed by atoms with Gasteiger partial charge in [0.1, 0.15) is 65.9 Å². The lowest BCUT2D eigenvalue weighted by molar-refractivity contribution is -0.151. The number of aromatic hydroxyl groups is 2. The molecule has 0 spiro atoms. The van der Waals surface area contributed by atoms with Gasteiger partial charge in [-0.05, 0) is 115 Å². The van der Waals surface area contributed by atoms with Crippen molar-refractivity contribution >= 4 is 111 Å². The van der Waals surface area contributed by atoms with Crippen molar-refractivity contribution < 1.29 is 87.2 Å². The van der Waals surface area contributed by atoms with Crippen LogP contribution in [0, 0.1) is 11.8 Å². The number of likely N-dealkylation sites (N-methyl/N-ethyl adjacent to an activating group) is 5. The Bertz CT molecular complexity index is 5060. The number of nitrogens with two attached hydrogens (primary N) is 1. The number of hydrogen-bond donors (Lipinski definition) is 14. The van der Waals surface area contributed by atoms with Crippen molar-refractivity contribution in [3.63, 3.8) is 0 Å². The van der Waals surface area contributed by atoms with Gasteiger partial charge < -0.3 is 98.4 Å². The predicted molar refractivity (Wildman–Crippen MR) is 491 cm³/mol. The van der Waals surface area contributed by atoms with E-state index in [2.05, 4.69) is 52.8 Å². The van der Waals surface area contributed by atoms with Crippen LogP contribution in [0.25, 0.3) is 10.9 Å². The molecule has 0 aliphatic carbocycles. The quantitative estimate of drug-likeness (QED) is 0.0435. The zero-order valence-corrected chi connectivity index (χ0v) is 76.5. The maximum absolute atomic E-state index is 15.6. The molecule has 1 aliphatic rings. The summed E-state index contributed by atoms with van der Waals surface area (Å²) in [6, 6.07) is 29.8. The molecule has 1 fully saturated rings. The number of carboxylic acid groups (broad SMARTS) is 1. The fourth-order valence-electron chi connectivity index (χ4n) is 15.4. The van der Waals surface area contributed by atoms with Crippen LogP contribution in [-0.2, 0) is 110 Å². The van der Waals surface area contributed by atoms with Crippen LogP contribution in [0.2, 0.25) is 0 Å². The normalized spacial score (nSPS) is 22.3. The predicted octanol–water partition coefficient (Wildman–Crippen LogP) is 3.58. The Morgan fingerprint density at radius 3 is 1.51 bits per heavy atom. The number of carbonyl (C=O) groups is 15. The van der Waals surface area contributed by atoms with E-state index in [1.807, 2.05) is 19.1 Å². The first kappa shape index (κ1) is 102. The second-order valence-electron chi connectivity index (χ2n) is 34.4. The standard InChI is InChI=1S/C95H124N16O18S/c1-13-14-34-76-92(127)108(9)55-80(116)101-73(50-82(118)119)87(122)105-83(58(4)5)94(129)109(10)65(44-59-26-18-15-19-27-59)52-98-74(46-63-37-41-67(113)42-38-63)90(125)107(8)54-79(115)100-72(49-64-51-97-69-33-25-24-32-68(64)69)86(121)104-71(45-62-35-39-66(112)40-36-62)85(120)103-70(43-57(2)3)88(123)106-84(89(124)99-53-78(96)114)95(6,7)130-56-81(117)102-75(47-60-28-20-16-21-29-60)91(126)111(12)77(93(128)110(76)11)48-61-30-22-17-23-31-61/h15-33,35-42,51,57-58,65,70-77,83-84,97-98,112-113H,13-14,34,43-50,52-56H2,1-12H3,(H2,96,114)(H,99,124)(H,100,115)(H,101,116)(H,102,117)(H,103,120)(H,104,121)(H,105,122)(H,106,123)(H,118,119)/t65-,70-,71-,72-,73-,74-,75-,76-,77-,83-,84+/m0/s1. The molecule has 14 amide bonds. The Hall–Kier alpha value is -13.2. The molecule has 34 nitrogen and oxygen atoms in total. The number of hydrogen-bond acceptors (Lipinski definition) is 19. The summed E-state index contributed by atoms with van der Waals surface area (Å²) in [5.74, 6) is -15.1. The molecular weight excluding hydrogens is 1690 g/mol. The van der Waals surface area contributed by atoms with Gasteiger partial charge in [-0.3, -0.25) is 71.9 Å². The van der Waals surface area contributed by atoms with Gasteiger partial charge in [-0.1, -0.05) is 181 Å². The van der Waals surface area contributed by atoms with Gasteiger partial charge in [0.15, 0.2) is 0 Å². The molecule has 0 radical (unpaired) electrons. The van der Waals surface area contributed by atoms with Crippen LogP contribution in [0.15, 0.2) is 170 Å². The number of thioether (sulfide) groups is 1. The number of aromatic nitrogens is 1. The molecule has 1 aliphatic heterocycles. The third kappa shape index (κ3) is 30.5. The van der Waals surface area contributed by atoms with Crippen molar-refractivity contribution in [1.29, 1.82) is 0 Å². The first-order valence-electron chi connectivity index (χ1n) is 43.5. The summed E-state index contributed by atoms with van der Waals surface area (Å²) in [6.45, 7) is 9.46. The molecule has 0 bridgehead atoms. The van der Waals surface area contributed by atoms with E-state index in [1.165, 1.54) is 100 Å². The Morgan fingerprint density at radius 1 is 0.492 bits per heavy atom. The van der Waals surface area contributed by atoms with E-state index in [0.29, 0.717) is 51.6 Å². The number of phenolic OH excluding ortho intramolecular Hbond substituents is 2. The van der Waals surface area contributed by atoms with Crippen molar-refractivity contribution in [3.8, 4) is 11.5 Å². The number of amides is 14. The van der Waals surface area contributed by atoms with Gasteiger partial charge in [0.25, 0.3) is 0 Å². The molecule has 15 N–H and O–H groups in total. The van der Waals surface area contributed by atoms with E-state index in [1.54, 1.807) is 149 Å². The third-order valence-corrected chi connectivity index (χ3v) is 24.2. The fourth-order valence-corrected chi connectivity index (χ4v) is 16.3. The number of carboxylic acids is 1. The minimum Gasteiger partial charge on any atom is -0.508 e. The summed E-state index contributed by atoms with van der Waals surface area (Å²) >= 11 is 0.867. The summed E-state index contributed by atoms with van der Waals surface area (Å²) in [5, 5.41) is 56.8. The molecule has 698 valence electrons. The van der Waals surface area contributed by atoms with Crippen molar-refractivity contribution in [2.24, 2.45) is 17.6 Å². The highest BCUT2D eigenvalue weighted by atomic mass is 32.2. The summed E-state index contributed by atoms with van der Waals surface area (Å²) in [5.41, 5.74) is 9.67. The zero-order chi connectivity index (χ0) is 95.2. The summed E-state index contributed by atoms with van der Waals surface area (Å²) in [4.78, 5) is 230. The lowest BCUT2D eigenvalue weighted by Crippen LogP contribution is -2.62. The lowest BCUT2D eigenvalue weighted by Gasteiger charge is -2.37. The van der Waals surface area contributed by atoms with Crippen molar-refractivity contribution in [3.05, 3.63) is 203 Å². The number of para-hydroxylation sites is 1. The number of phenols is 2. The van der Waals surface area contributed by atoms with E-state index in [-0.39, 0.29) is 75.3 Å². The molecule has 0 unspecified atom stereocenters. The number of primary amides is 1. The van der Waals surface area contributed by atoms with Crippen LogP contribution in [0.3, 0.4) is 0 Å². The van der Waals surface area contributed by atoms with Gasteiger partial charge in [0, 0.05) is 95.4 Å². The number of fused-ring (bicyclic) bond motifs is 1. The SMILES string of the molecule is CCCC[C@H]1C(=O)N(C)CC(=O)N[C@@H](CC(=O)O)C(=O)N[C@@H](C(C)C)C(=O)N(C)[C@@H](Cc2ccccc2)CN[C@@H](Cc2ccc(O)cc2)C(=O)N(C)CC(=O)N[C@@H](Cc2c[nH]c3ccccc23)C(=O)N[C@@H](Cc2ccc(O)cc2)C(=O)N[C@@H](CC(C)C)C(=O)N[C@H](C(=O)NCC(N)=O)C(C)(C)SCC(=O)N[C@@H](Cc2ccccc2)C(=O)N(C)[C@@H](Cc2ccccc2)C(=O)N1C. The van der Waals surface area contributed by atoms with E-state index in [9.17, 15) is 48.9 Å². The number of aliphatic carboxylic acids is 1. The monoisotopic (exact) mass is 1810 g/mol. The Labute approximate surface area is 761 Å². The summed E-state index contributed by atoms with van der Waals surface area (Å²) < 4.78 is -1.53. The number of benzene rings is 6. The number of rotatable bonds is 23. The number of carbonyl (C=O) groups excluding carboxylic acids is 14. The molecule has 35 heteroatoms. The number of aromatic amines is 1. The minimum absolute atomic E-state index is 0.0485. The van der Waals surface area contributed by atoms with E-state index in [4.69, 9.17) is 5.73 Å². The first-order valence-corrected chi connectivity index (χ1v) is 44.5. The topological polar surface area (TPSA) is 483 Å². The average Bonchev–Trinajstić information content (AvgIpc) is 1.07. The number of nitrogens with zero attached hydrogens (tertiary/aromatic N) is 5.